The van der Waals surface area contributed by atoms with Gasteiger partial charge in [-0.25, -0.2) is 0 Å². The number of H-pyrrole nitrogens is 1. The van der Waals surface area contributed by atoms with Gasteiger partial charge >= 0.3 is 0 Å². The predicted octanol–water partition coefficient (Wildman–Crippen LogP) is 3.75. The molecule has 0 fully saturated rings. The van der Waals surface area contributed by atoms with Crippen molar-refractivity contribution >= 4 is 29.3 Å². The van der Waals surface area contributed by atoms with Crippen LogP contribution in [0.15, 0.2) is 35.6 Å². The van der Waals surface area contributed by atoms with Crippen LogP contribution in [0.1, 0.15) is 31.7 Å². The van der Waals surface area contributed by atoms with Gasteiger partial charge in [-0.15, -0.1) is 0 Å². The molecule has 0 amide bonds. The van der Waals surface area contributed by atoms with Gasteiger partial charge in [0.2, 0.25) is 4.77 Å². The largest absolute Gasteiger partial charge is 0.347 e. The molecule has 1 aromatic carbocycles. The van der Waals surface area contributed by atoms with Crippen molar-refractivity contribution in [1.29, 1.82) is 0 Å². The molecular formula is C16H19N5S. The smallest absolute Gasteiger partial charge is 0.216 e. The number of benzene rings is 1. The molecule has 1 N–H and O–H groups in total. The topological polar surface area (TPSA) is 50.9 Å². The third kappa shape index (κ3) is 2.62. The summed E-state index contributed by atoms with van der Waals surface area (Å²) in [5, 5.41) is 12.8. The van der Waals surface area contributed by atoms with Crippen LogP contribution in [0.4, 0.5) is 0 Å². The molecule has 0 saturated carbocycles. The summed E-state index contributed by atoms with van der Waals surface area (Å²) >= 11 is 5.25. The quantitative estimate of drug-likeness (QED) is 0.576. The molecule has 0 radical (unpaired) electrons. The van der Waals surface area contributed by atoms with Crippen LogP contribution >= 0.6 is 12.2 Å². The van der Waals surface area contributed by atoms with Crippen molar-refractivity contribution in [3.63, 3.8) is 0 Å². The molecule has 6 heteroatoms. The second-order valence-corrected chi connectivity index (χ2v) is 5.53. The molecule has 0 aliphatic rings. The van der Waals surface area contributed by atoms with Crippen molar-refractivity contribution in [3.05, 3.63) is 46.6 Å². The van der Waals surface area contributed by atoms with E-state index < -0.39 is 0 Å². The van der Waals surface area contributed by atoms with E-state index >= 15 is 0 Å². The van der Waals surface area contributed by atoms with E-state index in [2.05, 4.69) is 58.1 Å². The lowest BCUT2D eigenvalue weighted by molar-refractivity contribution is 0.739. The number of para-hydroxylation sites is 1. The molecule has 0 spiro atoms. The normalized spacial score (nSPS) is 11.7. The lowest BCUT2D eigenvalue weighted by Gasteiger charge is -1.98. The van der Waals surface area contributed by atoms with Gasteiger partial charge in [0.15, 0.2) is 5.82 Å². The van der Waals surface area contributed by atoms with Crippen LogP contribution < -0.4 is 0 Å². The Morgan fingerprint density at radius 1 is 1.32 bits per heavy atom. The first-order chi connectivity index (χ1) is 10.7. The molecule has 0 aliphatic carbocycles. The van der Waals surface area contributed by atoms with Crippen LogP contribution in [0.5, 0.6) is 0 Å². The highest BCUT2D eigenvalue weighted by atomic mass is 32.1. The Bertz CT molecular complexity index is 868. The van der Waals surface area contributed by atoms with Crippen LogP contribution in [0, 0.1) is 4.77 Å². The molecule has 22 heavy (non-hydrogen) atoms. The van der Waals surface area contributed by atoms with Crippen molar-refractivity contribution in [2.45, 2.75) is 33.2 Å². The fourth-order valence-corrected chi connectivity index (χ4v) is 2.79. The number of aryl methyl sites for hydroxylation is 2. The van der Waals surface area contributed by atoms with Gasteiger partial charge in [-0.2, -0.15) is 14.9 Å². The number of hydrogen-bond donors (Lipinski definition) is 1. The zero-order valence-electron chi connectivity index (χ0n) is 12.8. The minimum atomic E-state index is 0.527. The third-order valence-electron chi connectivity index (χ3n) is 3.66. The average molecular weight is 313 g/mol. The summed E-state index contributed by atoms with van der Waals surface area (Å²) in [6.45, 7) is 5.18. The lowest BCUT2D eigenvalue weighted by Crippen LogP contribution is -1.98. The van der Waals surface area contributed by atoms with Crippen LogP contribution in [0.3, 0.4) is 0 Å². The zero-order valence-corrected chi connectivity index (χ0v) is 13.6. The van der Waals surface area contributed by atoms with E-state index in [0.29, 0.717) is 4.77 Å². The average Bonchev–Trinajstić information content (AvgIpc) is 3.07. The molecule has 5 nitrogen and oxygen atoms in total. The Kier molecular flexibility index (Phi) is 4.20. The van der Waals surface area contributed by atoms with E-state index in [-0.39, 0.29) is 0 Å². The molecule has 0 atom stereocenters. The first-order valence-corrected chi connectivity index (χ1v) is 7.94. The number of nitrogens with zero attached hydrogens (tertiary/aromatic N) is 4. The van der Waals surface area contributed by atoms with Gasteiger partial charge in [0, 0.05) is 35.6 Å². The van der Waals surface area contributed by atoms with Gasteiger partial charge in [0.05, 0.1) is 6.21 Å². The highest BCUT2D eigenvalue weighted by Crippen LogP contribution is 2.20. The zero-order chi connectivity index (χ0) is 15.5. The van der Waals surface area contributed by atoms with E-state index in [1.807, 2.05) is 12.3 Å². The second kappa shape index (κ2) is 6.27. The first kappa shape index (κ1) is 14.7. The van der Waals surface area contributed by atoms with Gasteiger partial charge in [0.25, 0.3) is 0 Å². The molecule has 3 rings (SSSR count). The lowest BCUT2D eigenvalue weighted by atomic mass is 10.2. The Hall–Kier alpha value is -2.21. The van der Waals surface area contributed by atoms with Crippen LogP contribution in [-0.4, -0.2) is 25.7 Å². The van der Waals surface area contributed by atoms with E-state index in [9.17, 15) is 0 Å². The number of fused-ring (bicyclic) bond motifs is 1. The van der Waals surface area contributed by atoms with Crippen molar-refractivity contribution in [2.75, 3.05) is 0 Å². The Labute approximate surface area is 134 Å². The van der Waals surface area contributed by atoms with Crippen LogP contribution in [0.2, 0.25) is 0 Å². The summed E-state index contributed by atoms with van der Waals surface area (Å²) in [5.41, 5.74) is 2.30. The Morgan fingerprint density at radius 2 is 2.14 bits per heavy atom. The van der Waals surface area contributed by atoms with Crippen molar-refractivity contribution in [1.82, 2.24) is 19.4 Å². The van der Waals surface area contributed by atoms with Crippen LogP contribution in [-0.2, 0) is 13.0 Å². The summed E-state index contributed by atoms with van der Waals surface area (Å²) in [7, 11) is 0. The Balaban J connectivity index is 2.03. The molecule has 0 unspecified atom stereocenters. The summed E-state index contributed by atoms with van der Waals surface area (Å²) < 4.78 is 4.45. The molecule has 0 aliphatic heterocycles. The Morgan fingerprint density at radius 3 is 2.91 bits per heavy atom. The fourth-order valence-electron chi connectivity index (χ4n) is 2.59. The maximum atomic E-state index is 5.25. The minimum absolute atomic E-state index is 0.527. The van der Waals surface area contributed by atoms with Gasteiger partial charge in [-0.05, 0) is 31.6 Å². The second-order valence-electron chi connectivity index (χ2n) is 5.14. The maximum Gasteiger partial charge on any atom is 0.216 e. The minimum Gasteiger partial charge on any atom is -0.347 e. The molecule has 0 saturated heterocycles. The molecule has 2 heterocycles. The van der Waals surface area contributed by atoms with E-state index in [1.54, 1.807) is 4.68 Å². The molecule has 3 aromatic rings. The number of rotatable bonds is 5. The SMILES string of the molecule is CCCc1n[nH]c(=S)n1/N=C\c1cn(CC)c2ccccc12. The van der Waals surface area contributed by atoms with Crippen molar-refractivity contribution in [2.24, 2.45) is 5.10 Å². The van der Waals surface area contributed by atoms with Crippen molar-refractivity contribution < 1.29 is 0 Å². The third-order valence-corrected chi connectivity index (χ3v) is 3.93. The summed E-state index contributed by atoms with van der Waals surface area (Å²) in [6.07, 6.45) is 5.84. The van der Waals surface area contributed by atoms with Gasteiger partial charge in [-0.1, -0.05) is 25.1 Å². The maximum absolute atomic E-state index is 5.25. The van der Waals surface area contributed by atoms with Crippen LogP contribution in [0.25, 0.3) is 10.9 Å². The molecule has 0 bridgehead atoms. The highest BCUT2D eigenvalue weighted by molar-refractivity contribution is 7.71. The number of nitrogens with one attached hydrogen (secondary N) is 1. The van der Waals surface area contributed by atoms with Crippen molar-refractivity contribution in [3.8, 4) is 0 Å². The predicted molar refractivity (Wildman–Crippen MR) is 92.0 cm³/mol. The van der Waals surface area contributed by atoms with Gasteiger partial charge < -0.3 is 4.57 Å². The fraction of sp³-hybridized carbons (Fsp3) is 0.312. The van der Waals surface area contributed by atoms with E-state index in [1.165, 1.54) is 10.9 Å². The highest BCUT2D eigenvalue weighted by Gasteiger charge is 2.06. The van der Waals surface area contributed by atoms with E-state index in [4.69, 9.17) is 12.2 Å². The first-order valence-electron chi connectivity index (χ1n) is 7.53. The number of aromatic amines is 1. The number of hydrogen-bond acceptors (Lipinski definition) is 3. The van der Waals surface area contributed by atoms with E-state index in [0.717, 1.165) is 30.8 Å². The summed E-state index contributed by atoms with van der Waals surface area (Å²) in [4.78, 5) is 0. The monoisotopic (exact) mass is 313 g/mol. The standard InChI is InChI=1S/C16H19N5S/c1-3-7-15-18-19-16(22)21(15)17-10-12-11-20(4-2)14-9-6-5-8-13(12)14/h5-6,8-11H,3-4,7H2,1-2H3,(H,19,22)/b17-10-. The summed E-state index contributed by atoms with van der Waals surface area (Å²) in [5.74, 6) is 0.864. The molecule has 114 valence electrons. The van der Waals surface area contributed by atoms with Gasteiger partial charge in [-0.3, -0.25) is 5.10 Å². The molecular weight excluding hydrogens is 294 g/mol. The molecule has 2 aromatic heterocycles. The number of aromatic nitrogens is 4. The van der Waals surface area contributed by atoms with Gasteiger partial charge in [0.1, 0.15) is 0 Å². The summed E-state index contributed by atoms with van der Waals surface area (Å²) in [6, 6.07) is 8.35.